The Morgan fingerprint density at radius 1 is 1.33 bits per heavy atom. The van der Waals surface area contributed by atoms with Crippen LogP contribution in [0.2, 0.25) is 5.02 Å². The number of halogens is 1. The molecule has 0 N–H and O–H groups in total. The molecule has 3 heteroatoms. The van der Waals surface area contributed by atoms with Gasteiger partial charge in [-0.25, -0.2) is 0 Å². The first-order valence-corrected chi connectivity index (χ1v) is 3.74. The van der Waals surface area contributed by atoms with Crippen molar-refractivity contribution in [2.75, 3.05) is 0 Å². The van der Waals surface area contributed by atoms with E-state index in [2.05, 4.69) is 0 Å². The molecule has 1 heterocycles. The van der Waals surface area contributed by atoms with Crippen LogP contribution >= 0.6 is 11.6 Å². The van der Waals surface area contributed by atoms with Gasteiger partial charge in [0.1, 0.15) is 5.58 Å². The average Bonchev–Trinajstić information content (AvgIpc) is 2.46. The van der Waals surface area contributed by atoms with Crippen molar-refractivity contribution >= 4 is 28.9 Å². The molecule has 1 radical (unpaired) electrons. The third-order valence-electron chi connectivity index (χ3n) is 1.58. The van der Waals surface area contributed by atoms with Gasteiger partial charge >= 0.3 is 0 Å². The SMILES string of the molecule is O=[C]c1cc2cc(Cl)ccc2o1. The van der Waals surface area contributed by atoms with Crippen LogP contribution in [0.15, 0.2) is 28.7 Å². The Labute approximate surface area is 73.7 Å². The minimum absolute atomic E-state index is 0.201. The highest BCUT2D eigenvalue weighted by Crippen LogP contribution is 2.21. The van der Waals surface area contributed by atoms with Gasteiger partial charge in [0.2, 0.25) is 0 Å². The Morgan fingerprint density at radius 2 is 2.17 bits per heavy atom. The molecule has 0 aliphatic rings. The molecule has 59 valence electrons. The molecule has 0 atom stereocenters. The predicted molar refractivity (Wildman–Crippen MR) is 46.0 cm³/mol. The maximum absolute atomic E-state index is 10.2. The zero-order valence-electron chi connectivity index (χ0n) is 6.00. The molecule has 1 aromatic carbocycles. The van der Waals surface area contributed by atoms with Gasteiger partial charge in [0, 0.05) is 10.4 Å². The largest absolute Gasteiger partial charge is 0.452 e. The van der Waals surface area contributed by atoms with Crippen molar-refractivity contribution in [2.24, 2.45) is 0 Å². The topological polar surface area (TPSA) is 30.2 Å². The summed E-state index contributed by atoms with van der Waals surface area (Å²) in [7, 11) is 0. The summed E-state index contributed by atoms with van der Waals surface area (Å²) < 4.78 is 5.09. The second kappa shape index (κ2) is 2.64. The molecule has 2 rings (SSSR count). The van der Waals surface area contributed by atoms with E-state index in [0.29, 0.717) is 10.6 Å². The third kappa shape index (κ3) is 1.10. The van der Waals surface area contributed by atoms with Crippen LogP contribution in [0, 0.1) is 0 Å². The summed E-state index contributed by atoms with van der Waals surface area (Å²) in [5, 5.41) is 1.45. The molecule has 1 aromatic heterocycles. The number of carbonyl (C=O) groups excluding carboxylic acids is 1. The quantitative estimate of drug-likeness (QED) is 0.674. The Hall–Kier alpha value is -1.28. The normalized spacial score (nSPS) is 10.4. The first-order valence-electron chi connectivity index (χ1n) is 3.37. The van der Waals surface area contributed by atoms with E-state index in [9.17, 15) is 4.79 Å². The predicted octanol–water partition coefficient (Wildman–Crippen LogP) is 2.54. The molecular formula is C9H4ClO2. The van der Waals surface area contributed by atoms with Crippen LogP contribution in [-0.2, 0) is 4.79 Å². The third-order valence-corrected chi connectivity index (χ3v) is 1.81. The molecule has 0 fully saturated rings. The van der Waals surface area contributed by atoms with Gasteiger partial charge in [0.25, 0.3) is 6.29 Å². The first kappa shape index (κ1) is 7.37. The summed E-state index contributed by atoms with van der Waals surface area (Å²) in [5.74, 6) is 0.201. The van der Waals surface area contributed by atoms with E-state index in [1.807, 2.05) is 0 Å². The van der Waals surface area contributed by atoms with Gasteiger partial charge in [-0.3, -0.25) is 4.79 Å². The Balaban J connectivity index is 2.75. The summed E-state index contributed by atoms with van der Waals surface area (Å²) in [5.41, 5.74) is 0.651. The molecule has 12 heavy (non-hydrogen) atoms. The van der Waals surface area contributed by atoms with Gasteiger partial charge in [-0.2, -0.15) is 0 Å². The van der Waals surface area contributed by atoms with Crippen LogP contribution in [0.25, 0.3) is 11.0 Å². The van der Waals surface area contributed by atoms with Gasteiger partial charge in [0.15, 0.2) is 5.76 Å². The fourth-order valence-electron chi connectivity index (χ4n) is 1.06. The van der Waals surface area contributed by atoms with Gasteiger partial charge in [-0.1, -0.05) is 11.6 Å². The Bertz CT molecular complexity index is 431. The minimum atomic E-state index is 0.201. The van der Waals surface area contributed by atoms with Crippen LogP contribution in [-0.4, -0.2) is 6.29 Å². The number of benzene rings is 1. The maximum Gasteiger partial charge on any atom is 0.271 e. The lowest BCUT2D eigenvalue weighted by molar-refractivity contribution is 0.535. The molecular weight excluding hydrogens is 176 g/mol. The lowest BCUT2D eigenvalue weighted by atomic mass is 10.2. The van der Waals surface area contributed by atoms with Crippen molar-refractivity contribution in [1.29, 1.82) is 0 Å². The number of hydrogen-bond donors (Lipinski definition) is 0. The summed E-state index contributed by atoms with van der Waals surface area (Å²) in [6, 6.07) is 6.77. The highest BCUT2D eigenvalue weighted by atomic mass is 35.5. The lowest BCUT2D eigenvalue weighted by Crippen LogP contribution is -1.67. The van der Waals surface area contributed by atoms with Crippen molar-refractivity contribution in [3.63, 3.8) is 0 Å². The monoisotopic (exact) mass is 179 g/mol. The fourth-order valence-corrected chi connectivity index (χ4v) is 1.25. The minimum Gasteiger partial charge on any atom is -0.452 e. The van der Waals surface area contributed by atoms with Crippen LogP contribution in [0.3, 0.4) is 0 Å². The molecule has 2 nitrogen and oxygen atoms in total. The molecule has 2 aromatic rings. The lowest BCUT2D eigenvalue weighted by Gasteiger charge is -1.87. The van der Waals surface area contributed by atoms with Crippen LogP contribution in [0.1, 0.15) is 5.76 Å². The Kier molecular flexibility index (Phi) is 1.62. The van der Waals surface area contributed by atoms with Gasteiger partial charge in [0.05, 0.1) is 0 Å². The molecule has 0 unspecified atom stereocenters. The summed E-state index contributed by atoms with van der Waals surface area (Å²) in [4.78, 5) is 10.2. The smallest absolute Gasteiger partial charge is 0.271 e. The zero-order valence-corrected chi connectivity index (χ0v) is 6.76. The van der Waals surface area contributed by atoms with Crippen LogP contribution in [0.5, 0.6) is 0 Å². The standard InChI is InChI=1S/C9H4ClO2/c10-7-1-2-9-6(3-7)4-8(5-11)12-9/h1-4H. The second-order valence-corrected chi connectivity index (χ2v) is 2.83. The summed E-state index contributed by atoms with van der Waals surface area (Å²) in [6.45, 7) is 0. The molecule has 0 amide bonds. The van der Waals surface area contributed by atoms with E-state index >= 15 is 0 Å². The van der Waals surface area contributed by atoms with E-state index in [1.165, 1.54) is 0 Å². The first-order chi connectivity index (χ1) is 5.79. The van der Waals surface area contributed by atoms with Crippen LogP contribution < -0.4 is 0 Å². The zero-order chi connectivity index (χ0) is 8.55. The molecule has 0 spiro atoms. The highest BCUT2D eigenvalue weighted by Gasteiger charge is 2.02. The number of furan rings is 1. The van der Waals surface area contributed by atoms with E-state index in [1.54, 1.807) is 30.6 Å². The summed E-state index contributed by atoms with van der Waals surface area (Å²) in [6.07, 6.45) is 1.68. The van der Waals surface area contributed by atoms with Gasteiger partial charge in [-0.15, -0.1) is 0 Å². The Morgan fingerprint density at radius 3 is 2.92 bits per heavy atom. The van der Waals surface area contributed by atoms with Crippen molar-refractivity contribution < 1.29 is 9.21 Å². The highest BCUT2D eigenvalue weighted by molar-refractivity contribution is 6.31. The molecule has 0 saturated carbocycles. The number of fused-ring (bicyclic) bond motifs is 1. The molecule has 0 bridgehead atoms. The van der Waals surface area contributed by atoms with E-state index in [0.717, 1.165) is 5.39 Å². The summed E-state index contributed by atoms with van der Waals surface area (Å²) >= 11 is 5.73. The molecule has 0 aliphatic carbocycles. The maximum atomic E-state index is 10.2. The van der Waals surface area contributed by atoms with Crippen molar-refractivity contribution in [3.8, 4) is 0 Å². The van der Waals surface area contributed by atoms with Crippen molar-refractivity contribution in [2.45, 2.75) is 0 Å². The van der Waals surface area contributed by atoms with Crippen molar-refractivity contribution in [1.82, 2.24) is 0 Å². The van der Waals surface area contributed by atoms with E-state index < -0.39 is 0 Å². The van der Waals surface area contributed by atoms with E-state index in [-0.39, 0.29) is 5.76 Å². The number of hydrogen-bond acceptors (Lipinski definition) is 2. The molecule has 0 aliphatic heterocycles. The molecule has 0 saturated heterocycles. The van der Waals surface area contributed by atoms with E-state index in [4.69, 9.17) is 16.0 Å². The number of rotatable bonds is 1. The van der Waals surface area contributed by atoms with Gasteiger partial charge < -0.3 is 4.42 Å². The van der Waals surface area contributed by atoms with Crippen LogP contribution in [0.4, 0.5) is 0 Å². The van der Waals surface area contributed by atoms with Gasteiger partial charge in [-0.05, 0) is 24.3 Å². The average molecular weight is 180 g/mol. The second-order valence-electron chi connectivity index (χ2n) is 2.39. The fraction of sp³-hybridized carbons (Fsp3) is 0. The van der Waals surface area contributed by atoms with Crippen molar-refractivity contribution in [3.05, 3.63) is 35.0 Å².